The first-order chi connectivity index (χ1) is 15.2. The molecule has 2 rings (SSSR count). The topological polar surface area (TPSA) is 84.9 Å². The van der Waals surface area contributed by atoms with Gasteiger partial charge in [-0.2, -0.15) is 0 Å². The summed E-state index contributed by atoms with van der Waals surface area (Å²) in [5.41, 5.74) is 1.80. The second-order valence-electron chi connectivity index (χ2n) is 10.6. The highest BCUT2D eigenvalue weighted by Crippen LogP contribution is 2.32. The summed E-state index contributed by atoms with van der Waals surface area (Å²) in [5.74, 6) is -0.729. The number of rotatable bonds is 8. The molecule has 180 valence electrons. The summed E-state index contributed by atoms with van der Waals surface area (Å²) in [4.78, 5) is 25.1. The van der Waals surface area contributed by atoms with E-state index >= 15 is 0 Å². The molecule has 2 N–H and O–H groups in total. The first-order valence-corrected chi connectivity index (χ1v) is 11.3. The van der Waals surface area contributed by atoms with E-state index in [1.807, 2.05) is 60.6 Å². The van der Waals surface area contributed by atoms with Crippen LogP contribution in [-0.4, -0.2) is 29.1 Å². The Morgan fingerprint density at radius 1 is 0.939 bits per heavy atom. The Balaban J connectivity index is 2.26. The van der Waals surface area contributed by atoms with Crippen molar-refractivity contribution in [2.45, 2.75) is 73.0 Å². The largest absolute Gasteiger partial charge is 0.423 e. The van der Waals surface area contributed by atoms with Crippen molar-refractivity contribution in [3.8, 4) is 11.5 Å². The summed E-state index contributed by atoms with van der Waals surface area (Å²) in [6, 6.07) is 11.8. The highest BCUT2D eigenvalue weighted by molar-refractivity contribution is 5.91. The molecule has 1 atom stereocenters. The molecule has 0 fully saturated rings. The van der Waals surface area contributed by atoms with Gasteiger partial charge in [-0.1, -0.05) is 44.5 Å². The third-order valence-corrected chi connectivity index (χ3v) is 4.97. The summed E-state index contributed by atoms with van der Waals surface area (Å²) in [6.07, 6.45) is 0.0631. The van der Waals surface area contributed by atoms with E-state index in [1.165, 1.54) is 0 Å². The maximum Gasteiger partial charge on any atom is 0.343 e. The van der Waals surface area contributed by atoms with Crippen molar-refractivity contribution in [1.82, 2.24) is 5.32 Å². The smallest absolute Gasteiger partial charge is 0.343 e. The lowest BCUT2D eigenvalue weighted by Gasteiger charge is -2.23. The molecule has 0 aliphatic heterocycles. The minimum absolute atomic E-state index is 0.0174. The first-order valence-electron chi connectivity index (χ1n) is 11.3. The van der Waals surface area contributed by atoms with Gasteiger partial charge in [-0.15, -0.1) is 0 Å². The molecule has 0 heterocycles. The standard InChI is InChI=1S/C27H37NO5/c1-18-8-10-19(11-9-18)25(31)33-22-13-12-20(21(29)17-28-27(5,6)7)16-23(22)32-24(30)14-15-26(2,3)4/h8-13,16,21,28-29H,14-15,17H2,1-7H3. The van der Waals surface area contributed by atoms with Gasteiger partial charge in [0.25, 0.3) is 0 Å². The second kappa shape index (κ2) is 10.9. The normalized spacial score (nSPS) is 12.8. The molecule has 33 heavy (non-hydrogen) atoms. The van der Waals surface area contributed by atoms with Crippen molar-refractivity contribution in [3.05, 3.63) is 59.2 Å². The van der Waals surface area contributed by atoms with E-state index in [0.717, 1.165) is 5.56 Å². The third-order valence-electron chi connectivity index (χ3n) is 4.97. The highest BCUT2D eigenvalue weighted by Gasteiger charge is 2.21. The molecule has 0 aromatic heterocycles. The number of aryl methyl sites for hydroxylation is 1. The number of carbonyl (C=O) groups excluding carboxylic acids is 2. The quantitative estimate of drug-likeness (QED) is 0.411. The molecule has 0 aliphatic rings. The molecule has 2 aromatic rings. The van der Waals surface area contributed by atoms with Gasteiger partial charge < -0.3 is 19.9 Å². The fourth-order valence-corrected chi connectivity index (χ4v) is 2.92. The second-order valence-corrected chi connectivity index (χ2v) is 10.6. The van der Waals surface area contributed by atoms with Crippen LogP contribution in [0.25, 0.3) is 0 Å². The Morgan fingerprint density at radius 2 is 1.58 bits per heavy atom. The van der Waals surface area contributed by atoms with Gasteiger partial charge in [-0.3, -0.25) is 4.79 Å². The van der Waals surface area contributed by atoms with E-state index < -0.39 is 18.0 Å². The molecule has 2 aromatic carbocycles. The van der Waals surface area contributed by atoms with Crippen LogP contribution in [0.15, 0.2) is 42.5 Å². The Bertz CT molecular complexity index is 952. The average Bonchev–Trinajstić information content (AvgIpc) is 2.71. The van der Waals surface area contributed by atoms with Crippen LogP contribution in [0, 0.1) is 12.3 Å². The summed E-state index contributed by atoms with van der Waals surface area (Å²) >= 11 is 0. The average molecular weight is 456 g/mol. The fraction of sp³-hybridized carbons (Fsp3) is 0.481. The molecular weight excluding hydrogens is 418 g/mol. The van der Waals surface area contributed by atoms with Crippen molar-refractivity contribution in [2.75, 3.05) is 6.54 Å². The SMILES string of the molecule is Cc1ccc(C(=O)Oc2ccc(C(O)CNC(C)(C)C)cc2OC(=O)CCC(C)(C)C)cc1. The van der Waals surface area contributed by atoms with Crippen LogP contribution in [0.1, 0.15) is 82.0 Å². The number of aliphatic hydroxyl groups excluding tert-OH is 1. The molecule has 0 aliphatic carbocycles. The van der Waals surface area contributed by atoms with Gasteiger partial charge in [-0.25, -0.2) is 4.79 Å². The summed E-state index contributed by atoms with van der Waals surface area (Å²) < 4.78 is 11.1. The fourth-order valence-electron chi connectivity index (χ4n) is 2.92. The van der Waals surface area contributed by atoms with Gasteiger partial charge in [0.1, 0.15) is 0 Å². The Labute approximate surface area is 197 Å². The van der Waals surface area contributed by atoms with Crippen LogP contribution >= 0.6 is 0 Å². The van der Waals surface area contributed by atoms with Gasteiger partial charge in [0, 0.05) is 18.5 Å². The minimum atomic E-state index is -0.821. The molecule has 0 bridgehead atoms. The number of nitrogens with one attached hydrogen (secondary N) is 1. The molecule has 0 saturated heterocycles. The lowest BCUT2D eigenvalue weighted by Crippen LogP contribution is -2.38. The Kier molecular flexibility index (Phi) is 8.81. The number of carbonyl (C=O) groups is 2. The predicted molar refractivity (Wildman–Crippen MR) is 130 cm³/mol. The maximum absolute atomic E-state index is 12.6. The van der Waals surface area contributed by atoms with Gasteiger partial charge in [0.05, 0.1) is 11.7 Å². The number of aliphatic hydroxyl groups is 1. The number of β-amino-alcohol motifs (C(OH)–C–C–N with tert-alkyl or cyclic N) is 1. The zero-order valence-electron chi connectivity index (χ0n) is 20.8. The van der Waals surface area contributed by atoms with Crippen molar-refractivity contribution >= 4 is 11.9 Å². The summed E-state index contributed by atoms with van der Waals surface area (Å²) in [6.45, 7) is 14.4. The summed E-state index contributed by atoms with van der Waals surface area (Å²) in [5, 5.41) is 13.9. The third kappa shape index (κ3) is 9.36. The van der Waals surface area contributed by atoms with Crippen LogP contribution in [0.2, 0.25) is 0 Å². The van der Waals surface area contributed by atoms with Crippen molar-refractivity contribution in [3.63, 3.8) is 0 Å². The van der Waals surface area contributed by atoms with E-state index in [2.05, 4.69) is 5.32 Å². The Morgan fingerprint density at radius 3 is 2.15 bits per heavy atom. The van der Waals surface area contributed by atoms with E-state index in [-0.39, 0.29) is 28.9 Å². The lowest BCUT2D eigenvalue weighted by molar-refractivity contribution is -0.135. The maximum atomic E-state index is 12.6. The van der Waals surface area contributed by atoms with Gasteiger partial charge >= 0.3 is 11.9 Å². The van der Waals surface area contributed by atoms with Crippen LogP contribution in [0.3, 0.4) is 0 Å². The molecule has 6 nitrogen and oxygen atoms in total. The monoisotopic (exact) mass is 455 g/mol. The van der Waals surface area contributed by atoms with Crippen LogP contribution in [0.5, 0.6) is 11.5 Å². The zero-order valence-corrected chi connectivity index (χ0v) is 20.8. The van der Waals surface area contributed by atoms with E-state index in [0.29, 0.717) is 24.1 Å². The lowest BCUT2D eigenvalue weighted by atomic mass is 9.91. The van der Waals surface area contributed by atoms with Crippen LogP contribution in [0.4, 0.5) is 0 Å². The number of benzene rings is 2. The number of esters is 2. The minimum Gasteiger partial charge on any atom is -0.423 e. The van der Waals surface area contributed by atoms with E-state index in [9.17, 15) is 14.7 Å². The highest BCUT2D eigenvalue weighted by atomic mass is 16.6. The summed E-state index contributed by atoms with van der Waals surface area (Å²) in [7, 11) is 0. The van der Waals surface area contributed by atoms with Crippen molar-refractivity contribution in [1.29, 1.82) is 0 Å². The first kappa shape index (κ1) is 26.6. The molecule has 6 heteroatoms. The van der Waals surface area contributed by atoms with E-state index in [1.54, 1.807) is 30.3 Å². The Hall–Kier alpha value is -2.70. The zero-order chi connectivity index (χ0) is 24.8. The number of hydrogen-bond donors (Lipinski definition) is 2. The molecule has 0 saturated carbocycles. The number of hydrogen-bond acceptors (Lipinski definition) is 6. The van der Waals surface area contributed by atoms with Crippen molar-refractivity contribution < 1.29 is 24.2 Å². The van der Waals surface area contributed by atoms with Crippen molar-refractivity contribution in [2.24, 2.45) is 5.41 Å². The molecule has 1 unspecified atom stereocenters. The van der Waals surface area contributed by atoms with Gasteiger partial charge in [-0.05, 0) is 69.4 Å². The van der Waals surface area contributed by atoms with E-state index in [4.69, 9.17) is 9.47 Å². The molecular formula is C27H37NO5. The van der Waals surface area contributed by atoms with Gasteiger partial charge in [0.15, 0.2) is 11.5 Å². The molecule has 0 amide bonds. The van der Waals surface area contributed by atoms with Crippen LogP contribution in [-0.2, 0) is 4.79 Å². The van der Waals surface area contributed by atoms with Gasteiger partial charge in [0.2, 0.25) is 0 Å². The number of ether oxygens (including phenoxy) is 2. The molecule has 0 spiro atoms. The predicted octanol–water partition coefficient (Wildman–Crippen LogP) is 5.37. The van der Waals surface area contributed by atoms with Crippen LogP contribution < -0.4 is 14.8 Å². The molecule has 0 radical (unpaired) electrons.